The number of aromatic nitrogens is 3. The summed E-state index contributed by atoms with van der Waals surface area (Å²) in [6, 6.07) is 5.91. The van der Waals surface area contributed by atoms with Crippen molar-refractivity contribution in [2.75, 3.05) is 12.3 Å². The van der Waals surface area contributed by atoms with E-state index in [-0.39, 0.29) is 47.2 Å². The van der Waals surface area contributed by atoms with Gasteiger partial charge in [0.15, 0.2) is 0 Å². The lowest BCUT2D eigenvalue weighted by Gasteiger charge is -2.22. The molecule has 1 aliphatic heterocycles. The third-order valence-corrected chi connectivity index (χ3v) is 10.5. The monoisotopic (exact) mass is 722 g/mol. The molecule has 21 nitrogen and oxygen atoms in total. The van der Waals surface area contributed by atoms with E-state index in [0.717, 1.165) is 0 Å². The quantitative estimate of drug-likeness (QED) is 0.0791. The Bertz CT molecular complexity index is 1840. The Hall–Kier alpha value is -3.18. The molecule has 6 atom stereocenters. The highest BCUT2D eigenvalue weighted by atomic mass is 31.3. The number of fused-ring (bicyclic) bond motifs is 1. The molecular weight excluding hydrogens is 693 g/mol. The Kier molecular flexibility index (Phi) is 11.0. The first-order chi connectivity index (χ1) is 21.8. The van der Waals surface area contributed by atoms with Crippen LogP contribution >= 0.6 is 23.5 Å². The molecule has 47 heavy (non-hydrogen) atoms. The van der Waals surface area contributed by atoms with Crippen molar-refractivity contribution in [2.45, 2.75) is 51.4 Å². The molecule has 4 unspecified atom stereocenters. The summed E-state index contributed by atoms with van der Waals surface area (Å²) in [6.45, 7) is 2.52. The lowest BCUT2D eigenvalue weighted by atomic mass is 9.95. The molecule has 0 bridgehead atoms. The highest BCUT2D eigenvalue weighted by Gasteiger charge is 2.43. The molecule has 1 saturated heterocycles. The van der Waals surface area contributed by atoms with E-state index in [1.165, 1.54) is 35.3 Å². The Morgan fingerprint density at radius 3 is 2.51 bits per heavy atom. The smallest absolute Gasteiger partial charge is 0.390 e. The van der Waals surface area contributed by atoms with E-state index in [1.807, 2.05) is 6.07 Å². The summed E-state index contributed by atoms with van der Waals surface area (Å²) in [4.78, 5) is 55.8. The van der Waals surface area contributed by atoms with Gasteiger partial charge in [-0.05, 0) is 18.1 Å². The van der Waals surface area contributed by atoms with Crippen LogP contribution in [0.5, 0.6) is 0 Å². The maximum Gasteiger partial charge on any atom is 0.490 e. The molecule has 3 heterocycles. The summed E-state index contributed by atoms with van der Waals surface area (Å²) in [5, 5.41) is 32.0. The average Bonchev–Trinajstić information content (AvgIpc) is 3.50. The molecule has 0 spiro atoms. The molecule has 1 aliphatic rings. The second-order valence-corrected chi connectivity index (χ2v) is 14.9. The van der Waals surface area contributed by atoms with Gasteiger partial charge in [-0.1, -0.05) is 13.8 Å². The highest BCUT2D eigenvalue weighted by Crippen LogP contribution is 2.66. The number of hydrogen-bond acceptors (Lipinski definition) is 15. The number of nitriles is 1. The molecule has 256 valence electrons. The molecule has 1 aromatic carbocycles. The van der Waals surface area contributed by atoms with Crippen LogP contribution in [-0.4, -0.2) is 63.0 Å². The predicted octanol–water partition coefficient (Wildman–Crippen LogP) is 2.70. The maximum atomic E-state index is 12.1. The number of aliphatic hydroxyl groups excluding tert-OH is 1. The summed E-state index contributed by atoms with van der Waals surface area (Å²) >= 11 is 0. The van der Waals surface area contributed by atoms with Crippen molar-refractivity contribution in [1.82, 2.24) is 14.5 Å². The normalized spacial score (nSPS) is 21.7. The predicted molar refractivity (Wildman–Crippen MR) is 156 cm³/mol. The van der Waals surface area contributed by atoms with Crippen molar-refractivity contribution in [1.29, 1.82) is 5.26 Å². The second-order valence-electron chi connectivity index (χ2n) is 10.5. The Morgan fingerprint density at radius 1 is 1.19 bits per heavy atom. The average molecular weight is 722 g/mol. The van der Waals surface area contributed by atoms with Gasteiger partial charge in [-0.15, -0.1) is 0 Å². The molecule has 7 N–H and O–H groups in total. The maximum absolute atomic E-state index is 12.1. The number of anilines is 1. The second kappa shape index (κ2) is 14.1. The lowest BCUT2D eigenvalue weighted by Crippen LogP contribution is -2.26. The van der Waals surface area contributed by atoms with Crippen LogP contribution in [0.25, 0.3) is 11.0 Å². The standard InChI is InChI=1S/C23H29N6O15P3/c1-12(2)21(15-5-13(7-24)3-4-16(15)29(31)32)40-9-14-8-28(23-20(14)22(25)26-11-27-23)19-6-17(30)18(42-19)10-41-46(36,37)44-47(38,39)43-45(33,34)35/h3-5,8,11-12,17-19,21,30H,6,9-10H2,1-2H3,(H,36,37)(H,38,39)(H2,25,26,27)(H2,33,34,35)/t17?,18-,19-,21?/m1/s1. The van der Waals surface area contributed by atoms with Crippen LogP contribution in [0.4, 0.5) is 11.5 Å². The summed E-state index contributed by atoms with van der Waals surface area (Å²) in [7, 11) is -16.8. The van der Waals surface area contributed by atoms with Gasteiger partial charge < -0.3 is 44.5 Å². The molecular formula is C23H29N6O15P3. The number of aliphatic hydroxyl groups is 1. The van der Waals surface area contributed by atoms with E-state index >= 15 is 0 Å². The van der Waals surface area contributed by atoms with Crippen LogP contribution in [0.15, 0.2) is 30.7 Å². The topological polar surface area (TPSA) is 322 Å². The first kappa shape index (κ1) is 36.7. The number of rotatable bonds is 14. The Morgan fingerprint density at radius 2 is 1.89 bits per heavy atom. The van der Waals surface area contributed by atoms with Gasteiger partial charge in [-0.2, -0.15) is 13.9 Å². The minimum absolute atomic E-state index is 0.0497. The highest BCUT2D eigenvalue weighted by molar-refractivity contribution is 7.66. The van der Waals surface area contributed by atoms with Gasteiger partial charge in [-0.25, -0.2) is 23.7 Å². The Labute approximate surface area is 265 Å². The summed E-state index contributed by atoms with van der Waals surface area (Å²) in [5.41, 5.74) is 6.98. The third-order valence-electron chi connectivity index (χ3n) is 6.73. The molecule has 3 aromatic rings. The minimum atomic E-state index is -5.75. The van der Waals surface area contributed by atoms with Crippen molar-refractivity contribution in [3.05, 3.63) is 57.5 Å². The number of phosphoric ester groups is 1. The summed E-state index contributed by atoms with van der Waals surface area (Å²) < 4.78 is 59.9. The number of nitrogens with zero attached hydrogens (tertiary/aromatic N) is 5. The number of nitro groups is 1. The van der Waals surface area contributed by atoms with Crippen molar-refractivity contribution < 1.29 is 65.9 Å². The van der Waals surface area contributed by atoms with E-state index in [0.29, 0.717) is 10.9 Å². The van der Waals surface area contributed by atoms with E-state index in [2.05, 4.69) is 23.1 Å². The summed E-state index contributed by atoms with van der Waals surface area (Å²) in [5.74, 6) is -0.234. The van der Waals surface area contributed by atoms with Crippen molar-refractivity contribution >= 4 is 46.0 Å². The molecule has 0 radical (unpaired) electrons. The number of nitro benzene ring substituents is 1. The van der Waals surface area contributed by atoms with Crippen LogP contribution in [0.2, 0.25) is 0 Å². The van der Waals surface area contributed by atoms with E-state index in [4.69, 9.17) is 25.0 Å². The zero-order valence-corrected chi connectivity index (χ0v) is 27.1. The third kappa shape index (κ3) is 9.04. The largest absolute Gasteiger partial charge is 0.490 e. The van der Waals surface area contributed by atoms with Crippen LogP contribution < -0.4 is 5.73 Å². The van der Waals surface area contributed by atoms with Gasteiger partial charge in [0.2, 0.25) is 0 Å². The zero-order chi connectivity index (χ0) is 34.9. The molecule has 0 aliphatic carbocycles. The molecule has 1 fully saturated rings. The number of nitrogens with two attached hydrogens (primary N) is 1. The number of hydrogen-bond donors (Lipinski definition) is 6. The van der Waals surface area contributed by atoms with Crippen LogP contribution in [-0.2, 0) is 42.9 Å². The van der Waals surface area contributed by atoms with Crippen molar-refractivity contribution in [3.8, 4) is 6.07 Å². The van der Waals surface area contributed by atoms with Gasteiger partial charge >= 0.3 is 23.5 Å². The minimum Gasteiger partial charge on any atom is -0.390 e. The number of phosphoric acid groups is 3. The van der Waals surface area contributed by atoms with Crippen molar-refractivity contribution in [3.63, 3.8) is 0 Å². The first-order valence-corrected chi connectivity index (χ1v) is 17.8. The fourth-order valence-corrected chi connectivity index (χ4v) is 7.89. The lowest BCUT2D eigenvalue weighted by molar-refractivity contribution is -0.386. The number of nitrogen functional groups attached to an aromatic ring is 1. The van der Waals surface area contributed by atoms with Gasteiger partial charge in [-0.3, -0.25) is 14.6 Å². The fourth-order valence-electron chi connectivity index (χ4n) is 4.86. The van der Waals surface area contributed by atoms with E-state index in [1.54, 1.807) is 13.8 Å². The van der Waals surface area contributed by atoms with Crippen LogP contribution in [0.1, 0.15) is 49.3 Å². The van der Waals surface area contributed by atoms with Gasteiger partial charge in [0.25, 0.3) is 5.69 Å². The molecule has 2 aromatic heterocycles. The zero-order valence-electron chi connectivity index (χ0n) is 24.4. The van der Waals surface area contributed by atoms with Crippen molar-refractivity contribution in [2.24, 2.45) is 5.92 Å². The van der Waals surface area contributed by atoms with Crippen LogP contribution in [0.3, 0.4) is 0 Å². The number of ether oxygens (including phenoxy) is 2. The van der Waals surface area contributed by atoms with Gasteiger partial charge in [0.1, 0.15) is 30.1 Å². The molecule has 0 saturated carbocycles. The van der Waals surface area contributed by atoms with Gasteiger partial charge in [0.05, 0.1) is 52.9 Å². The Balaban J connectivity index is 1.55. The van der Waals surface area contributed by atoms with E-state index in [9.17, 15) is 44.0 Å². The van der Waals surface area contributed by atoms with Gasteiger partial charge in [0, 0.05) is 24.2 Å². The molecule has 24 heteroatoms. The summed E-state index contributed by atoms with van der Waals surface area (Å²) in [6.07, 6.45) is -1.89. The molecule has 0 amide bonds. The fraction of sp³-hybridized carbons (Fsp3) is 0.435. The molecule has 4 rings (SSSR count). The SMILES string of the molecule is CC(C)C(OCc1cn([C@H]2CC(O)[C@@H](COP(=O)(O)OP(=O)(O)OP(=O)(O)O)O2)c2ncnc(N)c12)c1cc(C#N)ccc1[N+](=O)[O-]. The first-order valence-electron chi connectivity index (χ1n) is 13.3. The van der Waals surface area contributed by atoms with Crippen LogP contribution in [0, 0.1) is 27.4 Å². The number of benzene rings is 1. The van der Waals surface area contributed by atoms with E-state index < -0.39 is 59.5 Å².